The highest BCUT2D eigenvalue weighted by atomic mass is 79.9. The van der Waals surface area contributed by atoms with E-state index in [0.717, 1.165) is 10.0 Å². The van der Waals surface area contributed by atoms with Crippen molar-refractivity contribution in [3.8, 4) is 11.5 Å². The van der Waals surface area contributed by atoms with E-state index in [4.69, 9.17) is 15.2 Å². The standard InChI is InChI=1S/C12H16BrNO2.ClH/c1-4-5-9(14)8-6-10(15-2)12(13)11(7-8)16-3;/h4,6-7,9H,1,5,14H2,2-3H3;1H/t9-;/m1./s1. The van der Waals surface area contributed by atoms with Crippen molar-refractivity contribution >= 4 is 28.3 Å². The lowest BCUT2D eigenvalue weighted by atomic mass is 10.0. The van der Waals surface area contributed by atoms with Crippen LogP contribution in [-0.2, 0) is 0 Å². The first-order valence-corrected chi connectivity index (χ1v) is 5.71. The van der Waals surface area contributed by atoms with Crippen LogP contribution in [0.25, 0.3) is 0 Å². The van der Waals surface area contributed by atoms with Crippen LogP contribution in [0, 0.1) is 0 Å². The lowest BCUT2D eigenvalue weighted by molar-refractivity contribution is 0.388. The van der Waals surface area contributed by atoms with Gasteiger partial charge < -0.3 is 15.2 Å². The summed E-state index contributed by atoms with van der Waals surface area (Å²) < 4.78 is 11.3. The number of ether oxygens (including phenoxy) is 2. The summed E-state index contributed by atoms with van der Waals surface area (Å²) in [5.74, 6) is 1.43. The molecular weight excluding hydrogens is 305 g/mol. The minimum absolute atomic E-state index is 0. The van der Waals surface area contributed by atoms with Crippen molar-refractivity contribution in [1.29, 1.82) is 0 Å². The maximum absolute atomic E-state index is 6.01. The third-order valence-electron chi connectivity index (χ3n) is 2.32. The van der Waals surface area contributed by atoms with Crippen LogP contribution < -0.4 is 15.2 Å². The van der Waals surface area contributed by atoms with Gasteiger partial charge in [-0.2, -0.15) is 0 Å². The molecule has 0 radical (unpaired) electrons. The average molecular weight is 323 g/mol. The van der Waals surface area contributed by atoms with Crippen LogP contribution in [-0.4, -0.2) is 14.2 Å². The van der Waals surface area contributed by atoms with Gasteiger partial charge >= 0.3 is 0 Å². The van der Waals surface area contributed by atoms with E-state index >= 15 is 0 Å². The van der Waals surface area contributed by atoms with Crippen LogP contribution in [0.3, 0.4) is 0 Å². The summed E-state index contributed by atoms with van der Waals surface area (Å²) >= 11 is 3.41. The van der Waals surface area contributed by atoms with Gasteiger partial charge in [0.25, 0.3) is 0 Å². The molecule has 0 bridgehead atoms. The molecule has 0 fully saturated rings. The second-order valence-electron chi connectivity index (χ2n) is 3.37. The van der Waals surface area contributed by atoms with Gasteiger partial charge in [0.15, 0.2) is 0 Å². The molecule has 0 aromatic heterocycles. The Balaban J connectivity index is 0.00000256. The van der Waals surface area contributed by atoms with Gasteiger partial charge in [-0.05, 0) is 40.0 Å². The first-order chi connectivity index (χ1) is 7.63. The molecule has 0 unspecified atom stereocenters. The highest BCUT2D eigenvalue weighted by Gasteiger charge is 2.13. The number of rotatable bonds is 5. The molecule has 17 heavy (non-hydrogen) atoms. The van der Waals surface area contributed by atoms with E-state index in [2.05, 4.69) is 22.5 Å². The van der Waals surface area contributed by atoms with E-state index in [1.54, 1.807) is 20.3 Å². The Morgan fingerprint density at radius 1 is 1.35 bits per heavy atom. The minimum Gasteiger partial charge on any atom is -0.495 e. The summed E-state index contributed by atoms with van der Waals surface area (Å²) in [6.07, 6.45) is 2.51. The fraction of sp³-hybridized carbons (Fsp3) is 0.333. The predicted octanol–water partition coefficient (Wildman–Crippen LogP) is 3.46. The lowest BCUT2D eigenvalue weighted by Crippen LogP contribution is -2.09. The van der Waals surface area contributed by atoms with E-state index in [-0.39, 0.29) is 18.4 Å². The Hall–Kier alpha value is -0.710. The maximum atomic E-state index is 6.01. The van der Waals surface area contributed by atoms with Crippen LogP contribution in [0.4, 0.5) is 0 Å². The largest absolute Gasteiger partial charge is 0.495 e. The molecule has 1 aromatic carbocycles. The Labute approximate surface area is 117 Å². The Morgan fingerprint density at radius 2 is 1.82 bits per heavy atom. The fourth-order valence-electron chi connectivity index (χ4n) is 1.42. The summed E-state index contributed by atoms with van der Waals surface area (Å²) in [4.78, 5) is 0. The lowest BCUT2D eigenvalue weighted by Gasteiger charge is -2.15. The Kier molecular flexibility index (Phi) is 7.27. The fourth-order valence-corrected chi connectivity index (χ4v) is 1.97. The quantitative estimate of drug-likeness (QED) is 0.844. The van der Waals surface area contributed by atoms with Gasteiger partial charge in [0.2, 0.25) is 0 Å². The summed E-state index contributed by atoms with van der Waals surface area (Å²) in [5.41, 5.74) is 6.97. The molecular formula is C12H17BrClNO2. The smallest absolute Gasteiger partial charge is 0.137 e. The molecule has 2 N–H and O–H groups in total. The molecule has 0 amide bonds. The number of benzene rings is 1. The SMILES string of the molecule is C=CC[C@@H](N)c1cc(OC)c(Br)c(OC)c1.Cl. The van der Waals surface area contributed by atoms with E-state index in [1.807, 2.05) is 12.1 Å². The molecule has 0 spiro atoms. The van der Waals surface area contributed by atoms with Crippen molar-refractivity contribution in [2.75, 3.05) is 14.2 Å². The van der Waals surface area contributed by atoms with E-state index in [9.17, 15) is 0 Å². The molecule has 0 aliphatic rings. The van der Waals surface area contributed by atoms with E-state index < -0.39 is 0 Å². The van der Waals surface area contributed by atoms with Gasteiger partial charge in [0.05, 0.1) is 14.2 Å². The van der Waals surface area contributed by atoms with Gasteiger partial charge in [-0.25, -0.2) is 0 Å². The van der Waals surface area contributed by atoms with E-state index in [0.29, 0.717) is 17.9 Å². The zero-order valence-corrected chi connectivity index (χ0v) is 12.3. The first-order valence-electron chi connectivity index (χ1n) is 4.92. The number of methoxy groups -OCH3 is 2. The maximum Gasteiger partial charge on any atom is 0.137 e. The highest BCUT2D eigenvalue weighted by molar-refractivity contribution is 9.10. The van der Waals surface area contributed by atoms with Gasteiger partial charge in [0.1, 0.15) is 16.0 Å². The molecule has 1 atom stereocenters. The van der Waals surface area contributed by atoms with Crippen molar-refractivity contribution in [3.05, 3.63) is 34.8 Å². The third-order valence-corrected chi connectivity index (χ3v) is 3.10. The number of hydrogen-bond donors (Lipinski definition) is 1. The molecule has 3 nitrogen and oxygen atoms in total. The molecule has 0 aliphatic carbocycles. The monoisotopic (exact) mass is 321 g/mol. The van der Waals surface area contributed by atoms with Crippen LogP contribution in [0.15, 0.2) is 29.3 Å². The first kappa shape index (κ1) is 16.3. The average Bonchev–Trinajstić information content (AvgIpc) is 2.29. The molecule has 5 heteroatoms. The molecule has 0 aliphatic heterocycles. The second-order valence-corrected chi connectivity index (χ2v) is 4.16. The normalized spacial score (nSPS) is 11.3. The summed E-state index contributed by atoms with van der Waals surface area (Å²) in [6, 6.07) is 3.72. The van der Waals surface area contributed by atoms with Crippen LogP contribution in [0.2, 0.25) is 0 Å². The summed E-state index contributed by atoms with van der Waals surface area (Å²) in [5, 5.41) is 0. The van der Waals surface area contributed by atoms with Crippen molar-refractivity contribution < 1.29 is 9.47 Å². The van der Waals surface area contributed by atoms with Gasteiger partial charge in [-0.15, -0.1) is 19.0 Å². The zero-order chi connectivity index (χ0) is 12.1. The van der Waals surface area contributed by atoms with Gasteiger partial charge in [-0.3, -0.25) is 0 Å². The summed E-state index contributed by atoms with van der Waals surface area (Å²) in [7, 11) is 3.23. The second kappa shape index (κ2) is 7.58. The Morgan fingerprint density at radius 3 is 2.18 bits per heavy atom. The molecule has 96 valence electrons. The molecule has 1 aromatic rings. The third kappa shape index (κ3) is 3.91. The van der Waals surface area contributed by atoms with Gasteiger partial charge in [-0.1, -0.05) is 6.08 Å². The number of halogens is 2. The van der Waals surface area contributed by atoms with Gasteiger partial charge in [0, 0.05) is 6.04 Å². The topological polar surface area (TPSA) is 44.5 Å². The van der Waals surface area contributed by atoms with Crippen LogP contribution in [0.5, 0.6) is 11.5 Å². The number of nitrogens with two attached hydrogens (primary N) is 1. The van der Waals surface area contributed by atoms with Crippen molar-refractivity contribution in [2.24, 2.45) is 5.73 Å². The minimum atomic E-state index is -0.0894. The zero-order valence-electron chi connectivity index (χ0n) is 9.90. The number of hydrogen-bond acceptors (Lipinski definition) is 3. The molecule has 0 heterocycles. The Bertz CT molecular complexity index is 360. The van der Waals surface area contributed by atoms with E-state index in [1.165, 1.54) is 0 Å². The van der Waals surface area contributed by atoms with Crippen LogP contribution in [0.1, 0.15) is 18.0 Å². The molecule has 0 saturated carbocycles. The van der Waals surface area contributed by atoms with Crippen molar-refractivity contribution in [3.63, 3.8) is 0 Å². The molecule has 0 saturated heterocycles. The summed E-state index contributed by atoms with van der Waals surface area (Å²) in [6.45, 7) is 3.68. The molecule has 1 rings (SSSR count). The van der Waals surface area contributed by atoms with Crippen molar-refractivity contribution in [2.45, 2.75) is 12.5 Å². The highest BCUT2D eigenvalue weighted by Crippen LogP contribution is 2.37. The van der Waals surface area contributed by atoms with Crippen LogP contribution >= 0.6 is 28.3 Å². The predicted molar refractivity (Wildman–Crippen MR) is 76.2 cm³/mol. The van der Waals surface area contributed by atoms with Crippen molar-refractivity contribution in [1.82, 2.24) is 0 Å².